The number of rotatable bonds is 7. The normalized spacial score (nSPS) is 10.7. The van der Waals surface area contributed by atoms with Crippen LogP contribution in [-0.2, 0) is 30.5 Å². The van der Waals surface area contributed by atoms with Crippen molar-refractivity contribution in [2.24, 2.45) is 5.41 Å². The van der Waals surface area contributed by atoms with Gasteiger partial charge in [0.25, 0.3) is 6.73 Å². The molecule has 0 unspecified atom stereocenters. The standard InChI is InChI=1S/C22H24NO8/c1-15(24)31-18-10-6-5-9-17(18)20(26)30-14-29-19(25)16-8-7-11-23(12-16)13-28-21(27)22(2,3)4/h5-12H,13-14H2,1-4H3/q+1. The van der Waals surface area contributed by atoms with Gasteiger partial charge in [-0.25, -0.2) is 9.59 Å². The van der Waals surface area contributed by atoms with E-state index in [1.165, 1.54) is 35.9 Å². The van der Waals surface area contributed by atoms with Crippen LogP contribution >= 0.6 is 0 Å². The van der Waals surface area contributed by atoms with E-state index in [4.69, 9.17) is 18.9 Å². The summed E-state index contributed by atoms with van der Waals surface area (Å²) in [6, 6.07) is 9.12. The van der Waals surface area contributed by atoms with Gasteiger partial charge in [0.15, 0.2) is 12.4 Å². The van der Waals surface area contributed by atoms with Crippen molar-refractivity contribution in [1.82, 2.24) is 0 Å². The Morgan fingerprint density at radius 3 is 2.26 bits per heavy atom. The Morgan fingerprint density at radius 2 is 1.58 bits per heavy atom. The molecule has 0 saturated carbocycles. The third-order valence-electron chi connectivity index (χ3n) is 3.79. The Labute approximate surface area is 179 Å². The molecule has 0 N–H and O–H groups in total. The van der Waals surface area contributed by atoms with Crippen molar-refractivity contribution in [3.8, 4) is 5.75 Å². The maximum absolute atomic E-state index is 12.2. The van der Waals surface area contributed by atoms with Crippen LogP contribution in [0, 0.1) is 5.41 Å². The fourth-order valence-electron chi connectivity index (χ4n) is 2.25. The summed E-state index contributed by atoms with van der Waals surface area (Å²) in [6.45, 7) is 5.71. The molecule has 2 aromatic rings. The minimum atomic E-state index is -0.818. The molecule has 9 heteroatoms. The van der Waals surface area contributed by atoms with Crippen LogP contribution < -0.4 is 9.30 Å². The summed E-state index contributed by atoms with van der Waals surface area (Å²) in [5.41, 5.74) is -0.452. The quantitative estimate of drug-likeness (QED) is 0.285. The van der Waals surface area contributed by atoms with E-state index >= 15 is 0 Å². The predicted octanol–water partition coefficient (Wildman–Crippen LogP) is 2.42. The minimum absolute atomic E-state index is 0.0203. The Kier molecular flexibility index (Phi) is 7.84. The number of carbonyl (C=O) groups excluding carboxylic acids is 4. The van der Waals surface area contributed by atoms with Crippen LogP contribution in [0.15, 0.2) is 48.8 Å². The smallest absolute Gasteiger partial charge is 0.347 e. The molecule has 164 valence electrons. The minimum Gasteiger partial charge on any atom is -0.426 e. The fraction of sp³-hybridized carbons (Fsp3) is 0.318. The molecule has 2 rings (SSSR count). The van der Waals surface area contributed by atoms with E-state index in [2.05, 4.69) is 0 Å². The van der Waals surface area contributed by atoms with E-state index < -0.39 is 30.1 Å². The average Bonchev–Trinajstić information content (AvgIpc) is 2.71. The van der Waals surface area contributed by atoms with E-state index in [-0.39, 0.29) is 29.6 Å². The molecule has 0 amide bonds. The maximum Gasteiger partial charge on any atom is 0.347 e. The van der Waals surface area contributed by atoms with Crippen LogP contribution in [0.2, 0.25) is 0 Å². The highest BCUT2D eigenvalue weighted by Crippen LogP contribution is 2.19. The number of hydrogen-bond acceptors (Lipinski definition) is 8. The van der Waals surface area contributed by atoms with Gasteiger partial charge in [-0.1, -0.05) is 12.1 Å². The lowest BCUT2D eigenvalue weighted by molar-refractivity contribution is -0.728. The van der Waals surface area contributed by atoms with Gasteiger partial charge in [0.1, 0.15) is 16.9 Å². The molecular formula is C22H24NO8+. The van der Waals surface area contributed by atoms with Crippen molar-refractivity contribution in [3.63, 3.8) is 0 Å². The van der Waals surface area contributed by atoms with Crippen LogP contribution in [-0.4, -0.2) is 30.7 Å². The molecule has 31 heavy (non-hydrogen) atoms. The third-order valence-corrected chi connectivity index (χ3v) is 3.79. The molecule has 0 aliphatic heterocycles. The van der Waals surface area contributed by atoms with Gasteiger partial charge in [0.2, 0.25) is 6.79 Å². The highest BCUT2D eigenvalue weighted by atomic mass is 16.7. The number of nitrogens with zero attached hydrogens (tertiary/aromatic N) is 1. The number of esters is 4. The Balaban J connectivity index is 1.91. The van der Waals surface area contributed by atoms with E-state index in [9.17, 15) is 19.2 Å². The zero-order chi connectivity index (χ0) is 23.0. The molecule has 0 radical (unpaired) electrons. The van der Waals surface area contributed by atoms with Crippen LogP contribution in [0.4, 0.5) is 0 Å². The van der Waals surface area contributed by atoms with Gasteiger partial charge >= 0.3 is 23.9 Å². The lowest BCUT2D eigenvalue weighted by atomic mass is 9.98. The van der Waals surface area contributed by atoms with Crippen LogP contribution in [0.1, 0.15) is 48.4 Å². The Hall–Kier alpha value is -3.75. The molecular weight excluding hydrogens is 406 g/mol. The van der Waals surface area contributed by atoms with Gasteiger partial charge in [0, 0.05) is 13.0 Å². The fourth-order valence-corrected chi connectivity index (χ4v) is 2.25. The largest absolute Gasteiger partial charge is 0.426 e. The first-order valence-electron chi connectivity index (χ1n) is 9.36. The summed E-state index contributed by atoms with van der Waals surface area (Å²) in [7, 11) is 0. The van der Waals surface area contributed by atoms with Crippen LogP contribution in [0.5, 0.6) is 5.75 Å². The molecule has 1 aromatic carbocycles. The molecule has 0 atom stereocenters. The van der Waals surface area contributed by atoms with Gasteiger partial charge in [0.05, 0.1) is 5.41 Å². The summed E-state index contributed by atoms with van der Waals surface area (Å²) < 4.78 is 21.6. The first kappa shape index (κ1) is 23.5. The maximum atomic E-state index is 12.2. The summed E-state index contributed by atoms with van der Waals surface area (Å²) in [5.74, 6) is -2.48. The van der Waals surface area contributed by atoms with Crippen molar-refractivity contribution in [2.45, 2.75) is 34.4 Å². The summed E-state index contributed by atoms with van der Waals surface area (Å²) in [4.78, 5) is 47.4. The Morgan fingerprint density at radius 1 is 0.903 bits per heavy atom. The molecule has 0 aliphatic rings. The van der Waals surface area contributed by atoms with Gasteiger partial charge in [-0.05, 0) is 39.0 Å². The van der Waals surface area contributed by atoms with Crippen molar-refractivity contribution in [1.29, 1.82) is 0 Å². The third kappa shape index (κ3) is 7.22. The number of aromatic nitrogens is 1. The predicted molar refractivity (Wildman–Crippen MR) is 106 cm³/mol. The van der Waals surface area contributed by atoms with Gasteiger partial charge in [-0.2, -0.15) is 4.57 Å². The topological polar surface area (TPSA) is 109 Å². The van der Waals surface area contributed by atoms with Crippen molar-refractivity contribution < 1.29 is 42.7 Å². The first-order chi connectivity index (χ1) is 14.6. The van der Waals surface area contributed by atoms with Crippen molar-refractivity contribution in [3.05, 3.63) is 59.9 Å². The molecule has 1 aromatic heterocycles. The lowest BCUT2D eigenvalue weighted by Gasteiger charge is -2.14. The molecule has 9 nitrogen and oxygen atoms in total. The van der Waals surface area contributed by atoms with E-state index in [0.717, 1.165) is 0 Å². The molecule has 1 heterocycles. The van der Waals surface area contributed by atoms with Crippen molar-refractivity contribution >= 4 is 23.9 Å². The summed E-state index contributed by atoms with van der Waals surface area (Å²) in [5, 5.41) is 0. The number of carbonyl (C=O) groups is 4. The second-order valence-electron chi connectivity index (χ2n) is 7.49. The SMILES string of the molecule is CC(=O)Oc1ccccc1C(=O)OCOC(=O)c1ccc[n+](COC(=O)C(C)(C)C)c1. The number of ether oxygens (including phenoxy) is 4. The Bertz CT molecular complexity index is 977. The summed E-state index contributed by atoms with van der Waals surface area (Å²) >= 11 is 0. The molecule has 0 spiro atoms. The summed E-state index contributed by atoms with van der Waals surface area (Å²) in [6.07, 6.45) is 3.06. The zero-order valence-corrected chi connectivity index (χ0v) is 17.7. The number of para-hydroxylation sites is 1. The molecule has 0 aliphatic carbocycles. The zero-order valence-electron chi connectivity index (χ0n) is 17.7. The van der Waals surface area contributed by atoms with E-state index in [1.807, 2.05) is 0 Å². The van der Waals surface area contributed by atoms with E-state index in [1.54, 1.807) is 45.2 Å². The molecule has 0 fully saturated rings. The molecule has 0 bridgehead atoms. The second kappa shape index (κ2) is 10.3. The van der Waals surface area contributed by atoms with Crippen molar-refractivity contribution in [2.75, 3.05) is 6.79 Å². The molecule has 0 saturated heterocycles. The van der Waals surface area contributed by atoms with E-state index in [0.29, 0.717) is 0 Å². The van der Waals surface area contributed by atoms with Crippen LogP contribution in [0.25, 0.3) is 0 Å². The lowest BCUT2D eigenvalue weighted by Crippen LogP contribution is -2.38. The van der Waals surface area contributed by atoms with Gasteiger partial charge < -0.3 is 18.9 Å². The highest BCUT2D eigenvalue weighted by Gasteiger charge is 2.24. The second-order valence-corrected chi connectivity index (χ2v) is 7.49. The highest BCUT2D eigenvalue weighted by molar-refractivity contribution is 5.93. The first-order valence-corrected chi connectivity index (χ1v) is 9.36. The van der Waals surface area contributed by atoms with Gasteiger partial charge in [-0.15, -0.1) is 0 Å². The number of benzene rings is 1. The monoisotopic (exact) mass is 430 g/mol. The van der Waals surface area contributed by atoms with Crippen LogP contribution in [0.3, 0.4) is 0 Å². The van der Waals surface area contributed by atoms with Gasteiger partial charge in [-0.3, -0.25) is 9.59 Å². The number of hydrogen-bond donors (Lipinski definition) is 0. The average molecular weight is 430 g/mol. The number of pyridine rings is 1.